The van der Waals surface area contributed by atoms with E-state index in [1.165, 1.54) is 0 Å². The highest BCUT2D eigenvalue weighted by Gasteiger charge is 2.22. The van der Waals surface area contributed by atoms with Crippen LogP contribution in [-0.2, 0) is 6.54 Å². The van der Waals surface area contributed by atoms with Crippen molar-refractivity contribution in [3.05, 3.63) is 48.2 Å². The van der Waals surface area contributed by atoms with E-state index < -0.39 is 0 Å². The third-order valence-electron chi connectivity index (χ3n) is 5.30. The van der Waals surface area contributed by atoms with E-state index in [1.807, 2.05) is 43.5 Å². The van der Waals surface area contributed by atoms with Gasteiger partial charge in [0.1, 0.15) is 11.6 Å². The van der Waals surface area contributed by atoms with Gasteiger partial charge in [0.25, 0.3) is 0 Å². The van der Waals surface area contributed by atoms with Crippen molar-refractivity contribution < 1.29 is 9.53 Å². The van der Waals surface area contributed by atoms with Crippen LogP contribution in [0.25, 0.3) is 0 Å². The summed E-state index contributed by atoms with van der Waals surface area (Å²) in [5, 5.41) is 5.88. The number of hydrogen-bond donors (Lipinski definition) is 2. The summed E-state index contributed by atoms with van der Waals surface area (Å²) in [6, 6.07) is 12.1. The number of carbonyl (C=O) groups is 1. The van der Waals surface area contributed by atoms with Gasteiger partial charge < -0.3 is 25.2 Å². The second kappa shape index (κ2) is 10.0. The van der Waals surface area contributed by atoms with Gasteiger partial charge in [-0.3, -0.25) is 0 Å². The van der Waals surface area contributed by atoms with Crippen LogP contribution in [0.1, 0.15) is 25.8 Å². The topological polar surface area (TPSA) is 69.7 Å². The summed E-state index contributed by atoms with van der Waals surface area (Å²) in [7, 11) is 1.71. The summed E-state index contributed by atoms with van der Waals surface area (Å²) in [6.07, 6.45) is 2.71. The van der Waals surface area contributed by atoms with Gasteiger partial charge in [-0.15, -0.1) is 0 Å². The van der Waals surface area contributed by atoms with Crippen LogP contribution in [0.3, 0.4) is 0 Å². The molecule has 7 nitrogen and oxygen atoms in total. The maximum absolute atomic E-state index is 12.1. The van der Waals surface area contributed by atoms with Gasteiger partial charge in [0.15, 0.2) is 0 Å². The first-order valence-corrected chi connectivity index (χ1v) is 10.2. The minimum Gasteiger partial charge on any atom is -0.495 e. The molecule has 1 aromatic heterocycles. The van der Waals surface area contributed by atoms with Gasteiger partial charge >= 0.3 is 6.03 Å². The zero-order chi connectivity index (χ0) is 20.6. The van der Waals surface area contributed by atoms with E-state index in [4.69, 9.17) is 4.74 Å². The van der Waals surface area contributed by atoms with Crippen molar-refractivity contribution in [3.63, 3.8) is 0 Å². The molecule has 1 saturated heterocycles. The molecular weight excluding hydrogens is 366 g/mol. The fourth-order valence-corrected chi connectivity index (χ4v) is 3.46. The first-order chi connectivity index (χ1) is 14.1. The predicted octanol–water partition coefficient (Wildman–Crippen LogP) is 3.01. The first-order valence-electron chi connectivity index (χ1n) is 10.2. The molecule has 1 aliphatic rings. The third-order valence-corrected chi connectivity index (χ3v) is 5.30. The number of rotatable bonds is 7. The molecule has 2 aromatic rings. The minimum absolute atomic E-state index is 0.143. The number of pyridine rings is 1. The molecule has 7 heteroatoms. The average Bonchev–Trinajstić information content (AvgIpc) is 2.78. The van der Waals surface area contributed by atoms with Crippen LogP contribution in [0.5, 0.6) is 5.75 Å². The van der Waals surface area contributed by atoms with Crippen molar-refractivity contribution in [2.24, 2.45) is 0 Å². The van der Waals surface area contributed by atoms with Crippen LogP contribution in [0.15, 0.2) is 42.6 Å². The first kappa shape index (κ1) is 20.8. The van der Waals surface area contributed by atoms with Crippen LogP contribution >= 0.6 is 0 Å². The van der Waals surface area contributed by atoms with Crippen molar-refractivity contribution in [2.75, 3.05) is 43.1 Å². The van der Waals surface area contributed by atoms with Gasteiger partial charge in [0.05, 0.1) is 12.8 Å². The molecule has 0 spiro atoms. The number of para-hydroxylation sites is 2. The summed E-state index contributed by atoms with van der Waals surface area (Å²) in [6.45, 7) is 8.00. The Hall–Kier alpha value is -2.96. The van der Waals surface area contributed by atoms with E-state index in [0.29, 0.717) is 6.54 Å². The number of ether oxygens (including phenoxy) is 1. The standard InChI is InChI=1S/C22H31N5O2/c1-4-17(2)25-22(28)24-16-18-8-7-11-23-21(18)27-14-12-26(13-15-27)19-9-5-6-10-20(19)29-3/h5-11,17H,4,12-16H2,1-3H3,(H2,24,25,28)/t17-/m1/s1. The van der Waals surface area contributed by atoms with Gasteiger partial charge in [-0.05, 0) is 31.5 Å². The minimum atomic E-state index is -0.143. The quantitative estimate of drug-likeness (QED) is 0.752. The Bertz CT molecular complexity index is 805. The van der Waals surface area contributed by atoms with Gasteiger partial charge in [0.2, 0.25) is 0 Å². The monoisotopic (exact) mass is 397 g/mol. The summed E-state index contributed by atoms with van der Waals surface area (Å²) in [4.78, 5) is 21.3. The van der Waals surface area contributed by atoms with E-state index in [2.05, 4.69) is 38.4 Å². The predicted molar refractivity (Wildman–Crippen MR) is 117 cm³/mol. The van der Waals surface area contributed by atoms with Gasteiger partial charge in [-0.2, -0.15) is 0 Å². The van der Waals surface area contributed by atoms with Crippen molar-refractivity contribution in [3.8, 4) is 5.75 Å². The highest BCUT2D eigenvalue weighted by atomic mass is 16.5. The van der Waals surface area contributed by atoms with Crippen LogP contribution in [-0.4, -0.2) is 50.3 Å². The summed E-state index contributed by atoms with van der Waals surface area (Å²) < 4.78 is 5.51. The molecule has 1 aromatic carbocycles. The Kier molecular flexibility index (Phi) is 7.16. The lowest BCUT2D eigenvalue weighted by molar-refractivity contribution is 0.237. The lowest BCUT2D eigenvalue weighted by Crippen LogP contribution is -2.47. The van der Waals surface area contributed by atoms with Gasteiger partial charge in [-0.25, -0.2) is 9.78 Å². The third kappa shape index (κ3) is 5.31. The molecule has 156 valence electrons. The maximum Gasteiger partial charge on any atom is 0.315 e. The number of carbonyl (C=O) groups excluding carboxylic acids is 1. The van der Waals surface area contributed by atoms with Crippen molar-refractivity contribution in [1.29, 1.82) is 0 Å². The second-order valence-electron chi connectivity index (χ2n) is 7.27. The van der Waals surface area contributed by atoms with Crippen molar-refractivity contribution in [1.82, 2.24) is 15.6 Å². The zero-order valence-corrected chi connectivity index (χ0v) is 17.5. The van der Waals surface area contributed by atoms with Crippen molar-refractivity contribution in [2.45, 2.75) is 32.9 Å². The number of piperazine rings is 1. The van der Waals surface area contributed by atoms with Gasteiger partial charge in [0, 0.05) is 50.5 Å². The summed E-state index contributed by atoms with van der Waals surface area (Å²) >= 11 is 0. The normalized spacial score (nSPS) is 15.0. The molecule has 0 bridgehead atoms. The highest BCUT2D eigenvalue weighted by Crippen LogP contribution is 2.29. The van der Waals surface area contributed by atoms with Crippen LogP contribution in [0.2, 0.25) is 0 Å². The van der Waals surface area contributed by atoms with E-state index in [9.17, 15) is 4.79 Å². The molecule has 2 N–H and O–H groups in total. The lowest BCUT2D eigenvalue weighted by Gasteiger charge is -2.37. The van der Waals surface area contributed by atoms with E-state index in [1.54, 1.807) is 7.11 Å². The molecule has 3 rings (SSSR count). The number of methoxy groups -OCH3 is 1. The molecule has 29 heavy (non-hydrogen) atoms. The Morgan fingerprint density at radius 2 is 1.86 bits per heavy atom. The molecule has 1 aliphatic heterocycles. The highest BCUT2D eigenvalue weighted by molar-refractivity contribution is 5.74. The van der Waals surface area contributed by atoms with Crippen LogP contribution in [0.4, 0.5) is 16.3 Å². The van der Waals surface area contributed by atoms with E-state index >= 15 is 0 Å². The van der Waals surface area contributed by atoms with Gasteiger partial charge in [-0.1, -0.05) is 25.1 Å². The maximum atomic E-state index is 12.1. The molecule has 1 atom stereocenters. The number of aromatic nitrogens is 1. The molecule has 0 unspecified atom stereocenters. The van der Waals surface area contributed by atoms with Crippen LogP contribution in [0, 0.1) is 0 Å². The number of nitrogens with zero attached hydrogens (tertiary/aromatic N) is 3. The Morgan fingerprint density at radius 3 is 2.59 bits per heavy atom. The number of nitrogens with one attached hydrogen (secondary N) is 2. The summed E-state index contributed by atoms with van der Waals surface area (Å²) in [5.41, 5.74) is 2.15. The smallest absolute Gasteiger partial charge is 0.315 e. The molecule has 2 heterocycles. The number of amides is 2. The Labute approximate surface area is 173 Å². The Morgan fingerprint density at radius 1 is 1.14 bits per heavy atom. The molecule has 0 aliphatic carbocycles. The fourth-order valence-electron chi connectivity index (χ4n) is 3.46. The number of hydrogen-bond acceptors (Lipinski definition) is 5. The lowest BCUT2D eigenvalue weighted by atomic mass is 10.2. The van der Waals surface area contributed by atoms with E-state index in [-0.39, 0.29) is 12.1 Å². The van der Waals surface area contributed by atoms with Crippen molar-refractivity contribution >= 4 is 17.5 Å². The number of anilines is 2. The van der Waals surface area contributed by atoms with E-state index in [0.717, 1.165) is 55.4 Å². The average molecular weight is 398 g/mol. The molecule has 0 radical (unpaired) electrons. The number of benzene rings is 1. The fraction of sp³-hybridized carbons (Fsp3) is 0.455. The molecular formula is C22H31N5O2. The Balaban J connectivity index is 1.62. The van der Waals surface area contributed by atoms with Crippen LogP contribution < -0.4 is 25.2 Å². The largest absolute Gasteiger partial charge is 0.495 e. The molecule has 1 fully saturated rings. The second-order valence-corrected chi connectivity index (χ2v) is 7.27. The summed E-state index contributed by atoms with van der Waals surface area (Å²) in [5.74, 6) is 1.84. The zero-order valence-electron chi connectivity index (χ0n) is 17.5. The SMILES string of the molecule is CC[C@@H](C)NC(=O)NCc1cccnc1N1CCN(c2ccccc2OC)CC1. The molecule has 0 saturated carbocycles. The number of urea groups is 1. The molecule has 2 amide bonds.